The van der Waals surface area contributed by atoms with E-state index in [2.05, 4.69) is 10.3 Å². The fraction of sp³-hybridized carbons (Fsp3) is 0.292. The summed E-state index contributed by atoms with van der Waals surface area (Å²) in [6, 6.07) is 12.6. The molecular weight excluding hydrogens is 444 g/mol. The van der Waals surface area contributed by atoms with Crippen LogP contribution in [0.5, 0.6) is 17.2 Å². The van der Waals surface area contributed by atoms with E-state index in [-0.39, 0.29) is 6.42 Å². The number of nitrogens with zero attached hydrogens (tertiary/aromatic N) is 1. The molecule has 0 saturated heterocycles. The molecule has 174 valence electrons. The SMILES string of the molecule is CCOc1ccccc1-c1nc(CC(=O)OC(C)C(=O)Nc2ccc(OC)c(OC)c2)cs1. The number of hydrogen-bond acceptors (Lipinski definition) is 8. The predicted molar refractivity (Wildman–Crippen MR) is 126 cm³/mol. The maximum Gasteiger partial charge on any atom is 0.312 e. The summed E-state index contributed by atoms with van der Waals surface area (Å²) >= 11 is 1.42. The Morgan fingerprint density at radius 2 is 1.82 bits per heavy atom. The highest BCUT2D eigenvalue weighted by atomic mass is 32.1. The van der Waals surface area contributed by atoms with Gasteiger partial charge in [-0.25, -0.2) is 4.98 Å². The zero-order valence-corrected chi connectivity index (χ0v) is 19.7. The fourth-order valence-electron chi connectivity index (χ4n) is 3.03. The van der Waals surface area contributed by atoms with Gasteiger partial charge in [-0.3, -0.25) is 9.59 Å². The highest BCUT2D eigenvalue weighted by Gasteiger charge is 2.20. The maximum absolute atomic E-state index is 12.5. The van der Waals surface area contributed by atoms with Crippen LogP contribution in [0.2, 0.25) is 0 Å². The lowest BCUT2D eigenvalue weighted by Crippen LogP contribution is -2.30. The summed E-state index contributed by atoms with van der Waals surface area (Å²) in [6.45, 7) is 3.98. The summed E-state index contributed by atoms with van der Waals surface area (Å²) in [5, 5.41) is 5.25. The molecule has 0 radical (unpaired) electrons. The van der Waals surface area contributed by atoms with Gasteiger partial charge in [-0.05, 0) is 38.1 Å². The number of rotatable bonds is 10. The molecule has 1 N–H and O–H groups in total. The monoisotopic (exact) mass is 470 g/mol. The molecule has 1 heterocycles. The van der Waals surface area contributed by atoms with Crippen molar-refractivity contribution in [2.75, 3.05) is 26.1 Å². The Labute approximate surface area is 196 Å². The Balaban J connectivity index is 1.58. The van der Waals surface area contributed by atoms with E-state index in [0.29, 0.717) is 29.5 Å². The molecule has 1 aromatic heterocycles. The van der Waals surface area contributed by atoms with Crippen molar-refractivity contribution < 1.29 is 28.5 Å². The summed E-state index contributed by atoms with van der Waals surface area (Å²) in [5.74, 6) is 0.760. The largest absolute Gasteiger partial charge is 0.493 e. The van der Waals surface area contributed by atoms with Crippen molar-refractivity contribution >= 4 is 28.9 Å². The van der Waals surface area contributed by atoms with E-state index in [0.717, 1.165) is 16.3 Å². The molecule has 3 aromatic rings. The first-order chi connectivity index (χ1) is 15.9. The van der Waals surface area contributed by atoms with Gasteiger partial charge >= 0.3 is 5.97 Å². The number of methoxy groups -OCH3 is 2. The molecule has 1 atom stereocenters. The molecule has 33 heavy (non-hydrogen) atoms. The Hall–Kier alpha value is -3.59. The number of nitrogens with one attached hydrogen (secondary N) is 1. The van der Waals surface area contributed by atoms with Gasteiger partial charge < -0.3 is 24.3 Å². The number of hydrogen-bond donors (Lipinski definition) is 1. The number of anilines is 1. The van der Waals surface area contributed by atoms with E-state index in [1.165, 1.54) is 32.5 Å². The maximum atomic E-state index is 12.5. The van der Waals surface area contributed by atoms with Gasteiger partial charge in [-0.15, -0.1) is 11.3 Å². The van der Waals surface area contributed by atoms with Crippen molar-refractivity contribution in [2.24, 2.45) is 0 Å². The second kappa shape index (κ2) is 11.3. The lowest BCUT2D eigenvalue weighted by Gasteiger charge is -2.14. The number of aromatic nitrogens is 1. The van der Waals surface area contributed by atoms with Crippen LogP contribution >= 0.6 is 11.3 Å². The number of carbonyl (C=O) groups excluding carboxylic acids is 2. The normalized spacial score (nSPS) is 11.4. The smallest absolute Gasteiger partial charge is 0.312 e. The summed E-state index contributed by atoms with van der Waals surface area (Å²) in [5.41, 5.74) is 1.93. The van der Waals surface area contributed by atoms with Crippen molar-refractivity contribution in [3.05, 3.63) is 53.5 Å². The number of benzene rings is 2. The quantitative estimate of drug-likeness (QED) is 0.440. The molecule has 0 fully saturated rings. The molecule has 3 rings (SSSR count). The van der Waals surface area contributed by atoms with Crippen molar-refractivity contribution in [2.45, 2.75) is 26.4 Å². The molecule has 8 nitrogen and oxygen atoms in total. The van der Waals surface area contributed by atoms with Crippen molar-refractivity contribution in [1.29, 1.82) is 0 Å². The van der Waals surface area contributed by atoms with Crippen LogP contribution in [-0.2, 0) is 20.7 Å². The molecule has 1 amide bonds. The minimum absolute atomic E-state index is 0.0404. The van der Waals surface area contributed by atoms with Gasteiger partial charge in [0.1, 0.15) is 10.8 Å². The number of ether oxygens (including phenoxy) is 4. The van der Waals surface area contributed by atoms with Gasteiger partial charge in [-0.2, -0.15) is 0 Å². The molecule has 0 spiro atoms. The summed E-state index contributed by atoms with van der Waals surface area (Å²) < 4.78 is 21.4. The highest BCUT2D eigenvalue weighted by molar-refractivity contribution is 7.13. The number of thiazole rings is 1. The summed E-state index contributed by atoms with van der Waals surface area (Å²) in [6.07, 6.45) is -1.02. The molecule has 2 aromatic carbocycles. The third-order valence-corrected chi connectivity index (χ3v) is 5.55. The topological polar surface area (TPSA) is 96.0 Å². The standard InChI is InChI=1S/C24H26N2O6S/c1-5-31-19-9-7-6-8-18(19)24-26-17(14-33-24)13-22(27)32-15(2)23(28)25-16-10-11-20(29-3)21(12-16)30-4/h6-12,14-15H,5,13H2,1-4H3,(H,25,28). The minimum atomic E-state index is -0.984. The third kappa shape index (κ3) is 6.23. The zero-order chi connectivity index (χ0) is 23.8. The first-order valence-electron chi connectivity index (χ1n) is 10.3. The van der Waals surface area contributed by atoms with Gasteiger partial charge in [0.25, 0.3) is 5.91 Å². The Kier molecular flexibility index (Phi) is 8.26. The fourth-order valence-corrected chi connectivity index (χ4v) is 3.88. The second-order valence-electron chi connectivity index (χ2n) is 6.94. The molecule has 0 aliphatic carbocycles. The van der Waals surface area contributed by atoms with Crippen molar-refractivity contribution in [1.82, 2.24) is 4.98 Å². The van der Waals surface area contributed by atoms with Gasteiger partial charge in [0.2, 0.25) is 0 Å². The molecule has 0 saturated carbocycles. The lowest BCUT2D eigenvalue weighted by molar-refractivity contribution is -0.152. The Morgan fingerprint density at radius 3 is 2.55 bits per heavy atom. The average Bonchev–Trinajstić information content (AvgIpc) is 3.27. The molecule has 0 aliphatic heterocycles. The van der Waals surface area contributed by atoms with Crippen LogP contribution in [0.25, 0.3) is 10.6 Å². The van der Waals surface area contributed by atoms with E-state index in [4.69, 9.17) is 18.9 Å². The zero-order valence-electron chi connectivity index (χ0n) is 18.9. The van der Waals surface area contributed by atoms with Crippen LogP contribution < -0.4 is 19.5 Å². The second-order valence-corrected chi connectivity index (χ2v) is 7.80. The van der Waals surface area contributed by atoms with Gasteiger partial charge in [0.15, 0.2) is 17.6 Å². The molecule has 0 bridgehead atoms. The highest BCUT2D eigenvalue weighted by Crippen LogP contribution is 2.32. The van der Waals surface area contributed by atoms with Crippen LogP contribution in [0, 0.1) is 0 Å². The summed E-state index contributed by atoms with van der Waals surface area (Å²) in [7, 11) is 3.04. The van der Waals surface area contributed by atoms with Gasteiger partial charge in [0, 0.05) is 17.1 Å². The first kappa shape index (κ1) is 24.1. The molecule has 0 aliphatic rings. The predicted octanol–water partition coefficient (Wildman–Crippen LogP) is 4.34. The number of esters is 1. The number of para-hydroxylation sites is 1. The van der Waals surface area contributed by atoms with E-state index in [9.17, 15) is 9.59 Å². The number of amides is 1. The van der Waals surface area contributed by atoms with Crippen LogP contribution in [-0.4, -0.2) is 43.8 Å². The Bertz CT molecular complexity index is 1110. The molecule has 1 unspecified atom stereocenters. The van der Waals surface area contributed by atoms with Crippen molar-refractivity contribution in [3.8, 4) is 27.8 Å². The minimum Gasteiger partial charge on any atom is -0.493 e. The first-order valence-corrected chi connectivity index (χ1v) is 11.2. The molecule has 9 heteroatoms. The van der Waals surface area contributed by atoms with Crippen LogP contribution in [0.3, 0.4) is 0 Å². The summed E-state index contributed by atoms with van der Waals surface area (Å²) in [4.78, 5) is 29.4. The van der Waals surface area contributed by atoms with Crippen LogP contribution in [0.4, 0.5) is 5.69 Å². The van der Waals surface area contributed by atoms with Gasteiger partial charge in [0.05, 0.1) is 38.5 Å². The van der Waals surface area contributed by atoms with E-state index in [1.54, 1.807) is 23.6 Å². The Morgan fingerprint density at radius 1 is 1.06 bits per heavy atom. The number of carbonyl (C=O) groups is 2. The molecular formula is C24H26N2O6S. The van der Waals surface area contributed by atoms with Crippen molar-refractivity contribution in [3.63, 3.8) is 0 Å². The van der Waals surface area contributed by atoms with E-state index in [1.807, 2.05) is 31.2 Å². The van der Waals surface area contributed by atoms with Gasteiger partial charge in [-0.1, -0.05) is 12.1 Å². The lowest BCUT2D eigenvalue weighted by atomic mass is 10.2. The third-order valence-electron chi connectivity index (χ3n) is 4.62. The van der Waals surface area contributed by atoms with Crippen LogP contribution in [0.1, 0.15) is 19.5 Å². The van der Waals surface area contributed by atoms with E-state index < -0.39 is 18.0 Å². The average molecular weight is 471 g/mol. The van der Waals surface area contributed by atoms with Crippen LogP contribution in [0.15, 0.2) is 47.8 Å². The van der Waals surface area contributed by atoms with E-state index >= 15 is 0 Å².